The average molecular weight is 270 g/mol. The summed E-state index contributed by atoms with van der Waals surface area (Å²) in [6.45, 7) is 4.97. The van der Waals surface area contributed by atoms with Crippen LogP contribution in [-0.4, -0.2) is 12.4 Å². The summed E-state index contributed by atoms with van der Waals surface area (Å²) in [6.07, 6.45) is 4.43. The summed E-state index contributed by atoms with van der Waals surface area (Å²) in [4.78, 5) is 0. The molecule has 0 N–H and O–H groups in total. The van der Waals surface area contributed by atoms with Crippen molar-refractivity contribution < 1.29 is 9.13 Å². The Labute approximate surface area is 115 Å². The Balaban J connectivity index is 2.66. The lowest BCUT2D eigenvalue weighted by molar-refractivity contribution is 0.143. The van der Waals surface area contributed by atoms with E-state index in [-0.39, 0.29) is 11.2 Å². The van der Waals surface area contributed by atoms with E-state index in [1.165, 1.54) is 12.1 Å². The topological polar surface area (TPSA) is 9.23 Å². The van der Waals surface area contributed by atoms with Gasteiger partial charge in [-0.25, -0.2) is 4.39 Å². The first-order chi connectivity index (χ1) is 8.65. The van der Waals surface area contributed by atoms with Crippen molar-refractivity contribution in [3.63, 3.8) is 0 Å². The van der Waals surface area contributed by atoms with Crippen LogP contribution in [0, 0.1) is 11.2 Å². The summed E-state index contributed by atoms with van der Waals surface area (Å²) in [5.74, 6) is 1.16. The van der Waals surface area contributed by atoms with E-state index in [4.69, 9.17) is 4.74 Å². The summed E-state index contributed by atoms with van der Waals surface area (Å²) in [5.41, 5.74) is 0.110. The molecule has 3 heteroatoms. The Bertz CT molecular complexity index is 348. The second-order valence-corrected chi connectivity index (χ2v) is 5.22. The minimum atomic E-state index is -0.255. The van der Waals surface area contributed by atoms with Gasteiger partial charge in [-0.15, -0.1) is 0 Å². The summed E-state index contributed by atoms with van der Waals surface area (Å²) in [6, 6.07) is 6.33. The molecule has 0 aromatic heterocycles. The Morgan fingerprint density at radius 2 is 1.89 bits per heavy atom. The van der Waals surface area contributed by atoms with Gasteiger partial charge in [0.25, 0.3) is 0 Å². The molecule has 1 aromatic carbocycles. The van der Waals surface area contributed by atoms with E-state index in [0.717, 1.165) is 31.4 Å². The summed E-state index contributed by atoms with van der Waals surface area (Å²) in [7, 11) is 0. The predicted octanol–water partition coefficient (Wildman–Crippen LogP) is 4.72. The zero-order valence-electron chi connectivity index (χ0n) is 11.3. The van der Waals surface area contributed by atoms with Crippen LogP contribution < -0.4 is 4.74 Å². The van der Waals surface area contributed by atoms with Crippen molar-refractivity contribution in [3.05, 3.63) is 30.1 Å². The molecule has 1 rings (SSSR count). The lowest BCUT2D eigenvalue weighted by atomic mass is 9.82. The standard InChI is InChI=1S/C15H23FOS/c1-3-8-15(12-18,9-4-2)11-17-14-7-5-6-13(16)10-14/h5-7,10,18H,3-4,8-9,11-12H2,1-2H3. The van der Waals surface area contributed by atoms with E-state index < -0.39 is 0 Å². The molecule has 0 aliphatic carbocycles. The second kappa shape index (κ2) is 7.67. The average Bonchev–Trinajstić information content (AvgIpc) is 2.37. The zero-order chi connectivity index (χ0) is 13.4. The second-order valence-electron chi connectivity index (χ2n) is 4.90. The van der Waals surface area contributed by atoms with Crippen molar-refractivity contribution in [2.75, 3.05) is 12.4 Å². The lowest BCUT2D eigenvalue weighted by Crippen LogP contribution is -2.30. The van der Waals surface area contributed by atoms with Crippen LogP contribution >= 0.6 is 12.6 Å². The van der Waals surface area contributed by atoms with Crippen LogP contribution in [-0.2, 0) is 0 Å². The van der Waals surface area contributed by atoms with Crippen LogP contribution in [0.1, 0.15) is 39.5 Å². The van der Waals surface area contributed by atoms with Crippen molar-refractivity contribution in [2.45, 2.75) is 39.5 Å². The van der Waals surface area contributed by atoms with E-state index in [1.54, 1.807) is 12.1 Å². The predicted molar refractivity (Wildman–Crippen MR) is 78.0 cm³/mol. The molecule has 0 aliphatic rings. The third kappa shape index (κ3) is 4.52. The Kier molecular flexibility index (Phi) is 6.55. The van der Waals surface area contributed by atoms with E-state index in [9.17, 15) is 4.39 Å². The van der Waals surface area contributed by atoms with Gasteiger partial charge in [0, 0.05) is 11.5 Å². The van der Waals surface area contributed by atoms with Gasteiger partial charge in [-0.05, 0) is 30.7 Å². The molecule has 0 radical (unpaired) electrons. The third-order valence-corrected chi connectivity index (χ3v) is 3.91. The summed E-state index contributed by atoms with van der Waals surface area (Å²) in [5, 5.41) is 0. The van der Waals surface area contributed by atoms with Crippen LogP contribution in [0.4, 0.5) is 4.39 Å². The molecule has 1 nitrogen and oxygen atoms in total. The van der Waals surface area contributed by atoms with Crippen LogP contribution in [0.15, 0.2) is 24.3 Å². The largest absolute Gasteiger partial charge is 0.493 e. The van der Waals surface area contributed by atoms with E-state index in [1.807, 2.05) is 0 Å². The molecule has 0 amide bonds. The first kappa shape index (κ1) is 15.4. The first-order valence-corrected chi connectivity index (χ1v) is 7.28. The molecule has 0 atom stereocenters. The molecule has 0 bridgehead atoms. The normalized spacial score (nSPS) is 11.6. The van der Waals surface area contributed by atoms with Crippen LogP contribution in [0.25, 0.3) is 0 Å². The van der Waals surface area contributed by atoms with Crippen molar-refractivity contribution in [3.8, 4) is 5.75 Å². The minimum Gasteiger partial charge on any atom is -0.493 e. The van der Waals surface area contributed by atoms with Gasteiger partial charge in [-0.1, -0.05) is 32.8 Å². The van der Waals surface area contributed by atoms with Gasteiger partial charge in [-0.3, -0.25) is 0 Å². The molecule has 18 heavy (non-hydrogen) atoms. The molecular weight excluding hydrogens is 247 g/mol. The van der Waals surface area contributed by atoms with E-state index >= 15 is 0 Å². The highest BCUT2D eigenvalue weighted by Crippen LogP contribution is 2.32. The van der Waals surface area contributed by atoms with Gasteiger partial charge in [0.2, 0.25) is 0 Å². The molecule has 0 saturated carbocycles. The molecule has 0 fully saturated rings. The highest BCUT2D eigenvalue weighted by atomic mass is 32.1. The van der Waals surface area contributed by atoms with E-state index in [0.29, 0.717) is 12.4 Å². The number of ether oxygens (including phenoxy) is 1. The van der Waals surface area contributed by atoms with Crippen molar-refractivity contribution in [1.82, 2.24) is 0 Å². The number of benzene rings is 1. The fourth-order valence-electron chi connectivity index (χ4n) is 2.33. The number of rotatable bonds is 8. The monoisotopic (exact) mass is 270 g/mol. The first-order valence-electron chi connectivity index (χ1n) is 6.65. The minimum absolute atomic E-state index is 0.110. The third-order valence-electron chi connectivity index (χ3n) is 3.24. The van der Waals surface area contributed by atoms with Gasteiger partial charge in [0.05, 0.1) is 6.61 Å². The molecule has 0 heterocycles. The maximum Gasteiger partial charge on any atom is 0.126 e. The molecule has 1 aromatic rings. The van der Waals surface area contributed by atoms with Crippen molar-refractivity contribution >= 4 is 12.6 Å². The van der Waals surface area contributed by atoms with Crippen molar-refractivity contribution in [2.24, 2.45) is 5.41 Å². The number of halogens is 1. The number of hydrogen-bond donors (Lipinski definition) is 1. The molecule has 102 valence electrons. The Morgan fingerprint density at radius 3 is 2.39 bits per heavy atom. The SMILES string of the molecule is CCCC(CS)(CCC)COc1cccc(F)c1. The van der Waals surface area contributed by atoms with Gasteiger partial charge < -0.3 is 4.74 Å². The molecule has 0 unspecified atom stereocenters. The van der Waals surface area contributed by atoms with Gasteiger partial charge in [0.1, 0.15) is 11.6 Å². The van der Waals surface area contributed by atoms with Crippen LogP contribution in [0.3, 0.4) is 0 Å². The molecule has 0 aliphatic heterocycles. The Hall–Kier alpha value is -0.700. The zero-order valence-corrected chi connectivity index (χ0v) is 12.2. The number of thiol groups is 1. The smallest absolute Gasteiger partial charge is 0.126 e. The fourth-order valence-corrected chi connectivity index (χ4v) is 2.73. The fraction of sp³-hybridized carbons (Fsp3) is 0.600. The van der Waals surface area contributed by atoms with E-state index in [2.05, 4.69) is 26.5 Å². The molecular formula is C15H23FOS. The van der Waals surface area contributed by atoms with Gasteiger partial charge in [-0.2, -0.15) is 12.6 Å². The van der Waals surface area contributed by atoms with Crippen molar-refractivity contribution in [1.29, 1.82) is 0 Å². The lowest BCUT2D eigenvalue weighted by Gasteiger charge is -2.31. The highest BCUT2D eigenvalue weighted by Gasteiger charge is 2.27. The van der Waals surface area contributed by atoms with Gasteiger partial charge >= 0.3 is 0 Å². The van der Waals surface area contributed by atoms with Crippen LogP contribution in [0.2, 0.25) is 0 Å². The number of hydrogen-bond acceptors (Lipinski definition) is 2. The molecule has 0 spiro atoms. The summed E-state index contributed by atoms with van der Waals surface area (Å²) >= 11 is 4.48. The summed E-state index contributed by atoms with van der Waals surface area (Å²) < 4.78 is 18.8. The van der Waals surface area contributed by atoms with Crippen LogP contribution in [0.5, 0.6) is 5.75 Å². The maximum atomic E-state index is 13.1. The maximum absolute atomic E-state index is 13.1. The highest BCUT2D eigenvalue weighted by molar-refractivity contribution is 7.80. The van der Waals surface area contributed by atoms with Gasteiger partial charge in [0.15, 0.2) is 0 Å². The molecule has 0 saturated heterocycles. The quantitative estimate of drug-likeness (QED) is 0.672. The Morgan fingerprint density at radius 1 is 1.22 bits per heavy atom.